The van der Waals surface area contributed by atoms with E-state index in [2.05, 4.69) is 12.2 Å². The van der Waals surface area contributed by atoms with Gasteiger partial charge in [-0.3, -0.25) is 0 Å². The maximum absolute atomic E-state index is 10.9. The summed E-state index contributed by atoms with van der Waals surface area (Å²) in [6.45, 7) is 2.05. The van der Waals surface area contributed by atoms with Crippen LogP contribution in [0.1, 0.15) is 17.3 Å². The lowest BCUT2D eigenvalue weighted by Gasteiger charge is -2.24. The third-order valence-electron chi connectivity index (χ3n) is 2.14. The molecule has 1 aliphatic heterocycles. The number of nitrogens with one attached hydrogen (secondary N) is 1. The van der Waals surface area contributed by atoms with Gasteiger partial charge in [-0.2, -0.15) is 0 Å². The highest BCUT2D eigenvalue weighted by Gasteiger charge is 2.20. The van der Waals surface area contributed by atoms with Gasteiger partial charge in [0.1, 0.15) is 0 Å². The van der Waals surface area contributed by atoms with Crippen LogP contribution in [0.25, 0.3) is 0 Å². The van der Waals surface area contributed by atoms with Crippen LogP contribution in [0.2, 0.25) is 0 Å². The molecule has 74 valence electrons. The molecule has 0 amide bonds. The quantitative estimate of drug-likeness (QED) is 0.745. The number of thioether (sulfide) groups is 1. The Morgan fingerprint density at radius 2 is 2.43 bits per heavy atom. The van der Waals surface area contributed by atoms with E-state index in [0.29, 0.717) is 11.6 Å². The predicted molar refractivity (Wildman–Crippen MR) is 57.2 cm³/mol. The molecule has 0 aliphatic carbocycles. The van der Waals surface area contributed by atoms with E-state index in [4.69, 9.17) is 5.11 Å². The second-order valence-corrected chi connectivity index (χ2v) is 4.40. The maximum Gasteiger partial charge on any atom is 0.337 e. The van der Waals surface area contributed by atoms with Crippen molar-refractivity contribution in [2.24, 2.45) is 0 Å². The van der Waals surface area contributed by atoms with Crippen LogP contribution in [0, 0.1) is 0 Å². The maximum atomic E-state index is 10.9. The fourth-order valence-electron chi connectivity index (χ4n) is 1.48. The number of carboxylic acid groups (broad SMARTS) is 1. The lowest BCUT2D eigenvalue weighted by molar-refractivity contribution is 0.0697. The van der Waals surface area contributed by atoms with E-state index in [1.54, 1.807) is 23.9 Å². The first kappa shape index (κ1) is 9.40. The van der Waals surface area contributed by atoms with Gasteiger partial charge in [-0.15, -0.1) is 11.8 Å². The molecule has 1 aromatic rings. The average Bonchev–Trinajstić information content (AvgIpc) is 2.16. The molecular formula is C10H11NO2S. The van der Waals surface area contributed by atoms with Crippen LogP contribution in [0.15, 0.2) is 23.1 Å². The van der Waals surface area contributed by atoms with Gasteiger partial charge in [-0.25, -0.2) is 4.79 Å². The van der Waals surface area contributed by atoms with Crippen molar-refractivity contribution in [3.63, 3.8) is 0 Å². The van der Waals surface area contributed by atoms with Crippen LogP contribution in [-0.2, 0) is 0 Å². The second kappa shape index (κ2) is 3.53. The summed E-state index contributed by atoms with van der Waals surface area (Å²) in [6, 6.07) is 5.69. The third kappa shape index (κ3) is 1.57. The van der Waals surface area contributed by atoms with Crippen LogP contribution in [0.4, 0.5) is 5.69 Å². The molecule has 1 heterocycles. The van der Waals surface area contributed by atoms with Gasteiger partial charge < -0.3 is 10.4 Å². The van der Waals surface area contributed by atoms with E-state index >= 15 is 0 Å². The van der Waals surface area contributed by atoms with Gasteiger partial charge in [0.25, 0.3) is 0 Å². The number of carbonyl (C=O) groups is 1. The number of hydrogen-bond acceptors (Lipinski definition) is 3. The molecule has 0 aromatic heterocycles. The molecule has 14 heavy (non-hydrogen) atoms. The minimum atomic E-state index is -0.871. The van der Waals surface area contributed by atoms with Crippen molar-refractivity contribution in [3.8, 4) is 0 Å². The fourth-order valence-corrected chi connectivity index (χ4v) is 2.48. The number of hydrogen-bond donors (Lipinski definition) is 2. The largest absolute Gasteiger partial charge is 0.478 e. The topological polar surface area (TPSA) is 49.3 Å². The normalized spacial score (nSPS) is 19.6. The molecule has 0 saturated carbocycles. The minimum absolute atomic E-state index is 0.327. The molecule has 0 fully saturated rings. The molecule has 4 heteroatoms. The molecule has 2 rings (SSSR count). The molecule has 0 saturated heterocycles. The average molecular weight is 209 g/mol. The van der Waals surface area contributed by atoms with Crippen molar-refractivity contribution in [1.82, 2.24) is 0 Å². The Morgan fingerprint density at radius 1 is 1.64 bits per heavy atom. The Hall–Kier alpha value is -1.16. The van der Waals surface area contributed by atoms with Crippen molar-refractivity contribution in [2.75, 3.05) is 11.1 Å². The molecule has 1 aromatic carbocycles. The van der Waals surface area contributed by atoms with Gasteiger partial charge in [0.2, 0.25) is 0 Å². The Bertz CT molecular complexity index is 378. The first-order valence-corrected chi connectivity index (χ1v) is 5.42. The van der Waals surface area contributed by atoms with Gasteiger partial charge in [-0.1, -0.05) is 6.07 Å². The van der Waals surface area contributed by atoms with Crippen LogP contribution in [-0.4, -0.2) is 22.9 Å². The van der Waals surface area contributed by atoms with E-state index < -0.39 is 5.97 Å². The third-order valence-corrected chi connectivity index (χ3v) is 3.45. The van der Waals surface area contributed by atoms with Gasteiger partial charge >= 0.3 is 5.97 Å². The molecule has 2 N–H and O–H groups in total. The zero-order valence-electron chi connectivity index (χ0n) is 7.78. The van der Waals surface area contributed by atoms with Gasteiger partial charge in [0.05, 0.1) is 11.3 Å². The number of aromatic carboxylic acids is 1. The van der Waals surface area contributed by atoms with Gasteiger partial charge in [0, 0.05) is 16.7 Å². The van der Waals surface area contributed by atoms with Crippen molar-refractivity contribution in [2.45, 2.75) is 17.9 Å². The van der Waals surface area contributed by atoms with E-state index in [9.17, 15) is 4.79 Å². The summed E-state index contributed by atoms with van der Waals surface area (Å²) >= 11 is 1.70. The number of anilines is 1. The molecule has 1 atom stereocenters. The Balaban J connectivity index is 2.48. The molecule has 3 nitrogen and oxygen atoms in total. The molecule has 1 aliphatic rings. The highest BCUT2D eigenvalue weighted by Crippen LogP contribution is 2.35. The lowest BCUT2D eigenvalue weighted by Crippen LogP contribution is -2.23. The van der Waals surface area contributed by atoms with E-state index in [1.165, 1.54) is 0 Å². The summed E-state index contributed by atoms with van der Waals surface area (Å²) in [5.41, 5.74) is 1.13. The highest BCUT2D eigenvalue weighted by atomic mass is 32.2. The van der Waals surface area contributed by atoms with Crippen molar-refractivity contribution < 1.29 is 9.90 Å². The Morgan fingerprint density at radius 3 is 3.14 bits per heavy atom. The molecule has 0 spiro atoms. The van der Waals surface area contributed by atoms with Crippen LogP contribution in [0.5, 0.6) is 0 Å². The molecule has 1 unspecified atom stereocenters. The summed E-state index contributed by atoms with van der Waals surface area (Å²) in [6.07, 6.45) is 0. The molecular weight excluding hydrogens is 198 g/mol. The first-order valence-electron chi connectivity index (χ1n) is 4.44. The summed E-state index contributed by atoms with van der Waals surface area (Å²) < 4.78 is 0. The van der Waals surface area contributed by atoms with Crippen molar-refractivity contribution in [3.05, 3.63) is 23.8 Å². The Labute approximate surface area is 86.5 Å². The highest BCUT2D eigenvalue weighted by molar-refractivity contribution is 7.99. The number of benzene rings is 1. The van der Waals surface area contributed by atoms with E-state index in [0.717, 1.165) is 16.3 Å². The van der Waals surface area contributed by atoms with Gasteiger partial charge in [-0.05, 0) is 19.1 Å². The molecule has 0 radical (unpaired) electrons. The van der Waals surface area contributed by atoms with Gasteiger partial charge in [0.15, 0.2) is 0 Å². The standard InChI is InChI=1S/C10H11NO2S/c1-6-5-14-8-4-2-3-7(10(12)13)9(8)11-6/h2-4,6,11H,5H2,1H3,(H,12,13). The summed E-state index contributed by atoms with van der Waals surface area (Å²) in [7, 11) is 0. The van der Waals surface area contributed by atoms with Crippen LogP contribution >= 0.6 is 11.8 Å². The number of fused-ring (bicyclic) bond motifs is 1. The van der Waals surface area contributed by atoms with Crippen molar-refractivity contribution >= 4 is 23.4 Å². The zero-order valence-corrected chi connectivity index (χ0v) is 8.60. The lowest BCUT2D eigenvalue weighted by atomic mass is 10.1. The summed E-state index contributed by atoms with van der Waals surface area (Å²) in [5.74, 6) is 0.111. The number of carboxylic acids is 1. The number of para-hydroxylation sites is 1. The molecule has 0 bridgehead atoms. The van der Waals surface area contributed by atoms with E-state index in [1.807, 2.05) is 6.07 Å². The van der Waals surface area contributed by atoms with Crippen LogP contribution < -0.4 is 5.32 Å². The number of rotatable bonds is 1. The van der Waals surface area contributed by atoms with E-state index in [-0.39, 0.29) is 0 Å². The van der Waals surface area contributed by atoms with Crippen molar-refractivity contribution in [1.29, 1.82) is 0 Å². The fraction of sp³-hybridized carbons (Fsp3) is 0.300. The zero-order chi connectivity index (χ0) is 10.1. The monoisotopic (exact) mass is 209 g/mol. The summed E-state index contributed by atoms with van der Waals surface area (Å²) in [4.78, 5) is 12.0. The summed E-state index contributed by atoms with van der Waals surface area (Å²) in [5, 5.41) is 12.2. The van der Waals surface area contributed by atoms with Crippen LogP contribution in [0.3, 0.4) is 0 Å². The SMILES string of the molecule is CC1CSc2cccc(C(=O)O)c2N1. The minimum Gasteiger partial charge on any atom is -0.478 e. The smallest absolute Gasteiger partial charge is 0.337 e. The Kier molecular flexibility index (Phi) is 2.37. The predicted octanol–water partition coefficient (Wildman–Crippen LogP) is 2.29. The first-order chi connectivity index (χ1) is 6.68. The second-order valence-electron chi connectivity index (χ2n) is 3.34.